The van der Waals surface area contributed by atoms with Gasteiger partial charge in [-0.05, 0) is 23.3 Å². The summed E-state index contributed by atoms with van der Waals surface area (Å²) in [6.45, 7) is 4.72. The Balaban J connectivity index is 1.44. The molecular weight excluding hydrogens is 518 g/mol. The Hall–Kier alpha value is -4.80. The molecule has 0 spiro atoms. The second kappa shape index (κ2) is 8.12. The molecule has 1 aliphatic carbocycles. The molecular formula is C37H25N3S. The minimum Gasteiger partial charge on any atom is -0.276 e. The third-order valence-corrected chi connectivity index (χ3v) is 10.3. The first-order valence-corrected chi connectivity index (χ1v) is 14.8. The van der Waals surface area contributed by atoms with Crippen molar-refractivity contribution < 1.29 is 0 Å². The van der Waals surface area contributed by atoms with Crippen LogP contribution in [0.3, 0.4) is 0 Å². The van der Waals surface area contributed by atoms with Gasteiger partial charge in [0.2, 0.25) is 5.95 Å². The zero-order valence-corrected chi connectivity index (χ0v) is 23.5. The number of hydrogen-bond donors (Lipinski definition) is 0. The molecule has 194 valence electrons. The van der Waals surface area contributed by atoms with Gasteiger partial charge in [-0.15, -0.1) is 11.3 Å². The van der Waals surface area contributed by atoms with Crippen molar-refractivity contribution in [3.05, 3.63) is 126 Å². The average molecular weight is 544 g/mol. The summed E-state index contributed by atoms with van der Waals surface area (Å²) in [4.78, 5) is 11.9. The van der Waals surface area contributed by atoms with Crippen LogP contribution in [0, 0.1) is 0 Å². The van der Waals surface area contributed by atoms with Crippen LogP contribution in [0.5, 0.6) is 0 Å². The lowest BCUT2D eigenvalue weighted by molar-refractivity contribution is 0.674. The van der Waals surface area contributed by atoms with Gasteiger partial charge < -0.3 is 0 Å². The first kappa shape index (κ1) is 23.0. The van der Waals surface area contributed by atoms with Gasteiger partial charge in [-0.2, -0.15) is 0 Å². The summed E-state index contributed by atoms with van der Waals surface area (Å²) in [7, 11) is 0. The minimum absolute atomic E-state index is 0.0429. The van der Waals surface area contributed by atoms with Gasteiger partial charge in [0, 0.05) is 43.0 Å². The highest BCUT2D eigenvalue weighted by Gasteiger charge is 2.39. The van der Waals surface area contributed by atoms with E-state index < -0.39 is 0 Å². The summed E-state index contributed by atoms with van der Waals surface area (Å²) in [6.07, 6.45) is 0. The van der Waals surface area contributed by atoms with Gasteiger partial charge in [-0.25, -0.2) is 9.97 Å². The van der Waals surface area contributed by atoms with Gasteiger partial charge in [0.1, 0.15) is 0 Å². The molecule has 0 N–H and O–H groups in total. The van der Waals surface area contributed by atoms with Gasteiger partial charge in [0.15, 0.2) is 0 Å². The number of rotatable bonds is 2. The second-order valence-electron chi connectivity index (χ2n) is 11.4. The highest BCUT2D eigenvalue weighted by Crippen LogP contribution is 2.56. The van der Waals surface area contributed by atoms with Crippen LogP contribution < -0.4 is 0 Å². The van der Waals surface area contributed by atoms with Crippen molar-refractivity contribution in [1.82, 2.24) is 14.5 Å². The molecule has 3 nitrogen and oxygen atoms in total. The molecule has 0 bridgehead atoms. The molecule has 0 saturated heterocycles. The Morgan fingerprint density at radius 1 is 0.634 bits per heavy atom. The van der Waals surface area contributed by atoms with Gasteiger partial charge in [-0.3, -0.25) is 4.57 Å². The SMILES string of the molecule is CC1(C)c2ccccc2-c2c1sc1c2ccc2c3ccccc3n(-c3nc(-c4ccccc4)c4ccccc4n3)c21. The molecule has 0 amide bonds. The first-order valence-electron chi connectivity index (χ1n) is 14.0. The molecule has 5 aromatic carbocycles. The Labute approximate surface area is 241 Å². The van der Waals surface area contributed by atoms with Crippen molar-refractivity contribution in [3.8, 4) is 28.3 Å². The molecule has 0 fully saturated rings. The van der Waals surface area contributed by atoms with E-state index in [1.807, 2.05) is 17.4 Å². The predicted molar refractivity (Wildman–Crippen MR) is 172 cm³/mol. The van der Waals surface area contributed by atoms with Crippen LogP contribution in [-0.2, 0) is 5.41 Å². The van der Waals surface area contributed by atoms with E-state index in [2.05, 4.69) is 128 Å². The van der Waals surface area contributed by atoms with Crippen molar-refractivity contribution in [1.29, 1.82) is 0 Å². The largest absolute Gasteiger partial charge is 0.276 e. The van der Waals surface area contributed by atoms with E-state index in [-0.39, 0.29) is 5.41 Å². The minimum atomic E-state index is -0.0429. The van der Waals surface area contributed by atoms with E-state index in [1.54, 1.807) is 0 Å². The van der Waals surface area contributed by atoms with Crippen LogP contribution in [0.4, 0.5) is 0 Å². The van der Waals surface area contributed by atoms with Gasteiger partial charge in [0.25, 0.3) is 0 Å². The Morgan fingerprint density at radius 3 is 2.22 bits per heavy atom. The molecule has 1 aliphatic rings. The number of nitrogens with zero attached hydrogens (tertiary/aromatic N) is 3. The summed E-state index contributed by atoms with van der Waals surface area (Å²) < 4.78 is 3.60. The number of benzene rings is 5. The van der Waals surface area contributed by atoms with Crippen LogP contribution in [-0.4, -0.2) is 14.5 Å². The van der Waals surface area contributed by atoms with E-state index >= 15 is 0 Å². The highest BCUT2D eigenvalue weighted by molar-refractivity contribution is 7.21. The average Bonchev–Trinajstić information content (AvgIpc) is 3.64. The smallest absolute Gasteiger partial charge is 0.235 e. The first-order chi connectivity index (χ1) is 20.1. The molecule has 4 heteroatoms. The maximum absolute atomic E-state index is 5.31. The van der Waals surface area contributed by atoms with E-state index in [1.165, 1.54) is 47.9 Å². The van der Waals surface area contributed by atoms with E-state index in [0.717, 1.165) is 27.7 Å². The third kappa shape index (κ3) is 3.03. The quantitative estimate of drug-likeness (QED) is 0.217. The van der Waals surface area contributed by atoms with E-state index in [4.69, 9.17) is 9.97 Å². The summed E-state index contributed by atoms with van der Waals surface area (Å²) in [5.41, 5.74) is 9.40. The van der Waals surface area contributed by atoms with Crippen LogP contribution in [0.1, 0.15) is 24.3 Å². The molecule has 41 heavy (non-hydrogen) atoms. The Bertz CT molecular complexity index is 2340. The van der Waals surface area contributed by atoms with Gasteiger partial charge >= 0.3 is 0 Å². The lowest BCUT2D eigenvalue weighted by Gasteiger charge is -2.19. The van der Waals surface area contributed by atoms with Crippen molar-refractivity contribution in [2.45, 2.75) is 19.3 Å². The number of aromatic nitrogens is 3. The number of thiophene rings is 1. The molecule has 0 atom stereocenters. The highest BCUT2D eigenvalue weighted by atomic mass is 32.1. The summed E-state index contributed by atoms with van der Waals surface area (Å²) >= 11 is 1.93. The van der Waals surface area contributed by atoms with Crippen molar-refractivity contribution >= 4 is 54.1 Å². The molecule has 9 rings (SSSR count). The van der Waals surface area contributed by atoms with Crippen LogP contribution in [0.2, 0.25) is 0 Å². The molecule has 3 heterocycles. The number of hydrogen-bond acceptors (Lipinski definition) is 3. The van der Waals surface area contributed by atoms with Gasteiger partial charge in [0.05, 0.1) is 26.9 Å². The molecule has 3 aromatic heterocycles. The normalized spacial score (nSPS) is 13.8. The zero-order chi connectivity index (χ0) is 27.3. The molecule has 0 aliphatic heterocycles. The van der Waals surface area contributed by atoms with Crippen molar-refractivity contribution in [2.24, 2.45) is 0 Å². The standard InChI is InChI=1S/C37H25N3S/c1-37(2)28-17-9-6-15-25(28)31-27-21-20-24-23-14-8-11-19-30(23)40(33(24)34(27)41-35(31)37)36-38-29-18-10-7-16-26(29)32(39-36)22-12-4-3-5-13-22/h3-21H,1-2H3. The fraction of sp³-hybridized carbons (Fsp3) is 0.0811. The second-order valence-corrected chi connectivity index (χ2v) is 12.4. The molecule has 0 radical (unpaired) electrons. The summed E-state index contributed by atoms with van der Waals surface area (Å²) in [6, 6.07) is 41.0. The van der Waals surface area contributed by atoms with E-state index in [0.29, 0.717) is 5.95 Å². The van der Waals surface area contributed by atoms with Crippen molar-refractivity contribution in [3.63, 3.8) is 0 Å². The fourth-order valence-electron chi connectivity index (χ4n) is 6.87. The third-order valence-electron chi connectivity index (χ3n) is 8.77. The van der Waals surface area contributed by atoms with Crippen LogP contribution in [0.25, 0.3) is 71.1 Å². The lowest BCUT2D eigenvalue weighted by Crippen LogP contribution is -2.13. The maximum Gasteiger partial charge on any atom is 0.235 e. The molecule has 0 saturated carbocycles. The Kier molecular flexibility index (Phi) is 4.55. The Morgan fingerprint density at radius 2 is 1.34 bits per heavy atom. The molecule has 0 unspecified atom stereocenters. The van der Waals surface area contributed by atoms with Crippen molar-refractivity contribution in [2.75, 3.05) is 0 Å². The monoisotopic (exact) mass is 543 g/mol. The zero-order valence-electron chi connectivity index (χ0n) is 22.7. The van der Waals surface area contributed by atoms with Crippen LogP contribution in [0.15, 0.2) is 115 Å². The van der Waals surface area contributed by atoms with E-state index in [9.17, 15) is 0 Å². The summed E-state index contributed by atoms with van der Waals surface area (Å²) in [5.74, 6) is 0.703. The molecule has 8 aromatic rings. The summed E-state index contributed by atoms with van der Waals surface area (Å²) in [5, 5.41) is 4.82. The fourth-order valence-corrected chi connectivity index (χ4v) is 8.34. The lowest BCUT2D eigenvalue weighted by atomic mass is 9.87. The number of fused-ring (bicyclic) bond motifs is 10. The maximum atomic E-state index is 5.31. The number of para-hydroxylation sites is 2. The van der Waals surface area contributed by atoms with Crippen LogP contribution >= 0.6 is 11.3 Å². The predicted octanol–water partition coefficient (Wildman–Crippen LogP) is 9.91. The topological polar surface area (TPSA) is 30.7 Å². The van der Waals surface area contributed by atoms with Gasteiger partial charge in [-0.1, -0.05) is 117 Å².